The highest BCUT2D eigenvalue weighted by atomic mass is 35.6. The van der Waals surface area contributed by atoms with Crippen LogP contribution in [0.3, 0.4) is 0 Å². The molecule has 8 bridgehead atoms. The molecule has 5 radical (unpaired) electrons. The number of halogens is 8. The fourth-order valence-electron chi connectivity index (χ4n) is 16.5. The van der Waals surface area contributed by atoms with E-state index in [9.17, 15) is 72.4 Å². The van der Waals surface area contributed by atoms with Gasteiger partial charge in [0.2, 0.25) is 0 Å². The Morgan fingerprint density at radius 2 is 0.875 bits per heavy atom. The van der Waals surface area contributed by atoms with Crippen molar-refractivity contribution in [2.45, 2.75) is 191 Å². The second kappa shape index (κ2) is 46.0. The fourth-order valence-corrected chi connectivity index (χ4v) is 16.8. The molecule has 0 aromatic heterocycles. The molecule has 4 aromatic rings. The summed E-state index contributed by atoms with van der Waals surface area (Å²) in [5.41, 5.74) is 0.875. The highest BCUT2D eigenvalue weighted by molar-refractivity contribution is 7.81. The van der Waals surface area contributed by atoms with Gasteiger partial charge < -0.3 is 28.4 Å². The molecule has 23 nitrogen and oxygen atoms in total. The maximum atomic E-state index is 12.9. The van der Waals surface area contributed by atoms with E-state index in [-0.39, 0.29) is 87.1 Å². The summed E-state index contributed by atoms with van der Waals surface area (Å²) in [6.07, 6.45) is 16.6. The standard InChI is InChI=1S/C17H14FNO8S.C17H15NO6.2C14H21FO2.C8H19N.C3H9ClSi.CH2Cl2.CH4.B3.F2O2S/c1-9(2)8-25-17(22)26-11-6-10-4-3-5-12-14(10)13(7-11)16(21)19(15(12)20)27-28(18,23)24;1-9(2)8-23-17(21)24-11-6-10-4-3-5-12-14(10)13(7-11)16(20)18(22)15(12)19;2*15-9-13(16)17-2-1-14-6-10-3-11(7-14)5-12(4-10)8-14;1-6-9(7(2)3)8(4)5;1-5(2,3)4;2-1-3;;1-3-2;1-5(2,3)4/h3-7,9H,8H2,1-2H3;3-7,9,22H,8H2,1-2H3;2*10-12H,1-9H2;7-8H,6H2,1-5H3;1-3H3;1H2;1H4;;. The summed E-state index contributed by atoms with van der Waals surface area (Å²) in [6.45, 7) is 25.3. The van der Waals surface area contributed by atoms with Gasteiger partial charge in [0.05, 0.1) is 54.0 Å². The lowest BCUT2D eigenvalue weighted by molar-refractivity contribution is -0.148. The molecular weight excluding hydrogens is 1590 g/mol. The van der Waals surface area contributed by atoms with E-state index in [1.807, 2.05) is 27.7 Å². The molecule has 0 unspecified atom stereocenters. The normalized spacial score (nSPS) is 21.7. The lowest BCUT2D eigenvalue weighted by atomic mass is 9.40. The molecule has 0 atom stereocenters. The van der Waals surface area contributed by atoms with Crippen LogP contribution in [0.2, 0.25) is 19.6 Å². The predicted molar refractivity (Wildman–Crippen MR) is 423 cm³/mol. The molecule has 10 aliphatic rings. The Labute approximate surface area is 674 Å². The van der Waals surface area contributed by atoms with Gasteiger partial charge in [-0.15, -0.1) is 37.6 Å². The number of carbonyl (C=O) groups excluding carboxylic acids is 8. The minimum absolute atomic E-state index is 0. The lowest BCUT2D eigenvalue weighted by Crippen LogP contribution is -2.46. The Kier molecular flexibility index (Phi) is 41.1. The van der Waals surface area contributed by atoms with Crippen molar-refractivity contribution in [2.75, 3.05) is 51.7 Å². The number of hydrogen-bond donors (Lipinski definition) is 1. The molecular formula is C75H105B3Cl3F5N3O20S2Si. The topological polar surface area (TPSA) is 299 Å². The van der Waals surface area contributed by atoms with E-state index in [4.69, 9.17) is 71.1 Å². The van der Waals surface area contributed by atoms with Crippen molar-refractivity contribution in [2.24, 2.45) is 58.2 Å². The zero-order valence-corrected chi connectivity index (χ0v) is 69.6. The average molecular weight is 1690 g/mol. The summed E-state index contributed by atoms with van der Waals surface area (Å²) in [7, 11) is -2.43. The molecule has 37 heteroatoms. The number of hydroxylamine groups is 4. The van der Waals surface area contributed by atoms with Gasteiger partial charge in [-0.2, -0.15) is 27.9 Å². The third-order valence-corrected chi connectivity index (χ3v) is 19.6. The van der Waals surface area contributed by atoms with Crippen LogP contribution in [0.1, 0.15) is 201 Å². The Balaban J connectivity index is 0.000000354. The van der Waals surface area contributed by atoms with Gasteiger partial charge in [-0.1, -0.05) is 97.6 Å². The van der Waals surface area contributed by atoms with Crippen molar-refractivity contribution in [3.63, 3.8) is 0 Å². The highest BCUT2D eigenvalue weighted by Gasteiger charge is 2.52. The summed E-state index contributed by atoms with van der Waals surface area (Å²) in [4.78, 5) is 96.5. The first-order chi connectivity index (χ1) is 51.7. The Morgan fingerprint density at radius 1 is 0.580 bits per heavy atom. The van der Waals surface area contributed by atoms with E-state index < -0.39 is 89.7 Å². The van der Waals surface area contributed by atoms with E-state index in [2.05, 4.69) is 78.9 Å². The van der Waals surface area contributed by atoms with Crippen molar-refractivity contribution in [1.82, 2.24) is 15.0 Å². The van der Waals surface area contributed by atoms with Crippen LogP contribution in [0.15, 0.2) is 60.7 Å². The largest absolute Gasteiger partial charge is 0.513 e. The van der Waals surface area contributed by atoms with Crippen molar-refractivity contribution >= 4 is 155 Å². The van der Waals surface area contributed by atoms with Gasteiger partial charge in [0.25, 0.3) is 23.6 Å². The van der Waals surface area contributed by atoms with Gasteiger partial charge in [0, 0.05) is 45.4 Å². The van der Waals surface area contributed by atoms with Crippen LogP contribution in [-0.4, -0.2) is 179 Å². The molecule has 1 N–H and O–H groups in total. The zero-order chi connectivity index (χ0) is 83.7. The van der Waals surface area contributed by atoms with E-state index in [1.165, 1.54) is 113 Å². The van der Waals surface area contributed by atoms with Crippen molar-refractivity contribution in [3.8, 4) is 11.5 Å². The minimum atomic E-state index is -5.67. The first-order valence-corrected chi connectivity index (χ1v) is 44.7. The van der Waals surface area contributed by atoms with Gasteiger partial charge >= 0.3 is 45.4 Å². The molecule has 8 saturated carbocycles. The maximum absolute atomic E-state index is 12.9. The van der Waals surface area contributed by atoms with Crippen LogP contribution >= 0.6 is 34.3 Å². The molecule has 112 heavy (non-hydrogen) atoms. The smallest absolute Gasteiger partial charge is 0.464 e. The molecule has 8 fully saturated rings. The lowest BCUT2D eigenvalue weighted by Gasteiger charge is -2.57. The molecule has 2 aliphatic heterocycles. The van der Waals surface area contributed by atoms with Crippen molar-refractivity contribution < 1.29 is 114 Å². The van der Waals surface area contributed by atoms with Crippen LogP contribution < -0.4 is 9.47 Å². The molecule has 14 rings (SSSR count). The van der Waals surface area contributed by atoms with Crippen molar-refractivity contribution in [1.29, 1.82) is 0 Å². The minimum Gasteiger partial charge on any atom is -0.464 e. The molecule has 4 aromatic carbocycles. The summed E-state index contributed by atoms with van der Waals surface area (Å²) in [5, 5.41) is 11.2. The monoisotopic (exact) mass is 1690 g/mol. The number of nitrogens with zero attached hydrogens (tertiary/aromatic N) is 3. The van der Waals surface area contributed by atoms with Gasteiger partial charge in [0.15, 0.2) is 13.3 Å². The van der Waals surface area contributed by atoms with E-state index in [0.717, 1.165) is 68.0 Å². The third-order valence-electron chi connectivity index (χ3n) is 19.2. The van der Waals surface area contributed by atoms with Gasteiger partial charge in [-0.05, 0) is 229 Å². The zero-order valence-electron chi connectivity index (χ0n) is 64.7. The molecule has 4 amide bonds. The van der Waals surface area contributed by atoms with Crippen molar-refractivity contribution in [3.05, 3.63) is 82.9 Å². The number of amides is 4. The van der Waals surface area contributed by atoms with Crippen LogP contribution in [-0.2, 0) is 53.9 Å². The number of benzene rings is 4. The molecule has 621 valence electrons. The van der Waals surface area contributed by atoms with Crippen LogP contribution in [0.4, 0.5) is 30.0 Å². The van der Waals surface area contributed by atoms with Crippen LogP contribution in [0, 0.1) is 58.2 Å². The Bertz CT molecular complexity index is 3910. The van der Waals surface area contributed by atoms with E-state index >= 15 is 0 Å². The van der Waals surface area contributed by atoms with Gasteiger partial charge in [0.1, 0.15) is 18.9 Å². The van der Waals surface area contributed by atoms with Gasteiger partial charge in [-0.3, -0.25) is 29.3 Å². The second-order valence-corrected chi connectivity index (χ2v) is 41.0. The number of esters is 2. The predicted octanol–water partition coefficient (Wildman–Crippen LogP) is 17.2. The number of ether oxygens (including phenoxy) is 6. The maximum Gasteiger partial charge on any atom is 0.513 e. The molecule has 0 saturated heterocycles. The quantitative estimate of drug-likeness (QED) is 0.00871. The number of rotatable bonds is 19. The van der Waals surface area contributed by atoms with E-state index in [1.54, 1.807) is 18.2 Å². The second-order valence-electron chi connectivity index (χ2n) is 31.0. The highest BCUT2D eigenvalue weighted by Crippen LogP contribution is 2.62. The molecule has 2 heterocycles. The Morgan fingerprint density at radius 3 is 1.15 bits per heavy atom. The van der Waals surface area contributed by atoms with Crippen LogP contribution in [0.25, 0.3) is 21.5 Å². The number of imide groups is 2. The third kappa shape index (κ3) is 32.9. The summed E-state index contributed by atoms with van der Waals surface area (Å²) in [5.74, 6) is 0.396. The number of alkyl halides is 4. The Hall–Kier alpha value is -6.13. The van der Waals surface area contributed by atoms with Gasteiger partial charge in [-0.25, -0.2) is 28.0 Å². The summed E-state index contributed by atoms with van der Waals surface area (Å²) < 4.78 is 129. The molecule has 0 spiro atoms. The number of hydrogen-bond acceptors (Lipinski definition) is 21. The summed E-state index contributed by atoms with van der Waals surface area (Å²) in [6, 6.07) is 15.9. The number of carbonyl (C=O) groups is 8. The first kappa shape index (κ1) is 100. The average Bonchev–Trinajstić information content (AvgIpc) is 0.715. The van der Waals surface area contributed by atoms with E-state index in [0.29, 0.717) is 52.3 Å². The summed E-state index contributed by atoms with van der Waals surface area (Å²) >= 11 is 15.2. The molecule has 8 aliphatic carbocycles. The fraction of sp³-hybridized carbons (Fsp3) is 0.627. The first-order valence-electron chi connectivity index (χ1n) is 36.6. The SMILES string of the molecule is C.CC(C)COC(=O)Oc1cc2c3c(cccc3c1)C(=O)N(O)C2=O.CC(C)COC(=O)Oc1cc2c3c(cccc3c1)C(=O)N(OS(=O)(=O)F)C2=O.CCN(C(C)C)C(C)C.C[Si](C)(C)Cl.ClCCl.O=C(CF)OCCC12CC3CC(CC(C3)C1)C2.O=C(CF)OCCC12CC3CC(CC(C3)C1)C2.O=S(=O)(F)F.[B][B][B]. The van der Waals surface area contributed by atoms with Crippen LogP contribution in [0.5, 0.6) is 11.5 Å².